The fraction of sp³-hybridized carbons (Fsp3) is 0.444. The third-order valence-corrected chi connectivity index (χ3v) is 4.37. The Morgan fingerprint density at radius 1 is 1.32 bits per heavy atom. The van der Waals surface area contributed by atoms with Crippen LogP contribution >= 0.6 is 0 Å². The van der Waals surface area contributed by atoms with E-state index in [-0.39, 0.29) is 11.9 Å². The number of aryl methyl sites for hydroxylation is 4. The summed E-state index contributed by atoms with van der Waals surface area (Å²) in [6.07, 6.45) is 3.52. The summed E-state index contributed by atoms with van der Waals surface area (Å²) in [6, 6.07) is 10.8. The SMILES string of the molecule is Cc1cc(C)n(CCC(=O)N[C@@H]2CCc3ccccc3C2)n1. The lowest BCUT2D eigenvalue weighted by Crippen LogP contribution is -2.39. The summed E-state index contributed by atoms with van der Waals surface area (Å²) < 4.78 is 1.91. The Morgan fingerprint density at radius 2 is 2.09 bits per heavy atom. The summed E-state index contributed by atoms with van der Waals surface area (Å²) in [5.74, 6) is 0.122. The maximum absolute atomic E-state index is 12.2. The molecule has 1 N–H and O–H groups in total. The third-order valence-electron chi connectivity index (χ3n) is 4.37. The second-order valence-corrected chi connectivity index (χ2v) is 6.18. The van der Waals surface area contributed by atoms with Crippen LogP contribution in [0, 0.1) is 13.8 Å². The molecule has 4 nitrogen and oxygen atoms in total. The predicted octanol–water partition coefficient (Wildman–Crippen LogP) is 2.56. The molecule has 0 bridgehead atoms. The Bertz CT molecular complexity index is 675. The van der Waals surface area contributed by atoms with Gasteiger partial charge >= 0.3 is 0 Å². The van der Waals surface area contributed by atoms with Crippen LogP contribution in [0.5, 0.6) is 0 Å². The average molecular weight is 297 g/mol. The zero-order valence-electron chi connectivity index (χ0n) is 13.3. The third kappa shape index (κ3) is 3.38. The Morgan fingerprint density at radius 3 is 2.82 bits per heavy atom. The Labute approximate surface area is 131 Å². The van der Waals surface area contributed by atoms with Gasteiger partial charge in [-0.25, -0.2) is 0 Å². The number of hydrogen-bond acceptors (Lipinski definition) is 2. The number of carbonyl (C=O) groups is 1. The molecule has 0 radical (unpaired) electrons. The molecule has 4 heteroatoms. The van der Waals surface area contributed by atoms with E-state index in [9.17, 15) is 4.79 Å². The molecule has 0 aliphatic heterocycles. The highest BCUT2D eigenvalue weighted by atomic mass is 16.1. The van der Waals surface area contributed by atoms with Gasteiger partial charge in [-0.2, -0.15) is 5.10 Å². The monoisotopic (exact) mass is 297 g/mol. The van der Waals surface area contributed by atoms with Crippen molar-refractivity contribution in [2.45, 2.75) is 52.1 Å². The molecule has 0 spiro atoms. The van der Waals surface area contributed by atoms with Crippen LogP contribution in [-0.2, 0) is 24.2 Å². The van der Waals surface area contributed by atoms with Crippen molar-refractivity contribution in [3.63, 3.8) is 0 Å². The standard InChI is InChI=1S/C18H23N3O/c1-13-11-14(2)21(20-13)10-9-18(22)19-17-8-7-15-5-3-4-6-16(15)12-17/h3-6,11,17H,7-10,12H2,1-2H3,(H,19,22)/t17-/m1/s1. The van der Waals surface area contributed by atoms with E-state index in [1.165, 1.54) is 11.1 Å². The molecule has 3 rings (SSSR count). The van der Waals surface area contributed by atoms with E-state index in [0.717, 1.165) is 30.7 Å². The van der Waals surface area contributed by atoms with Crippen molar-refractivity contribution in [2.75, 3.05) is 0 Å². The molecule has 1 amide bonds. The minimum absolute atomic E-state index is 0.122. The average Bonchev–Trinajstić information content (AvgIpc) is 2.83. The highest BCUT2D eigenvalue weighted by molar-refractivity contribution is 5.76. The molecule has 0 saturated heterocycles. The van der Waals surface area contributed by atoms with Crippen LogP contribution in [0.2, 0.25) is 0 Å². The first-order valence-corrected chi connectivity index (χ1v) is 7.99. The fourth-order valence-electron chi connectivity index (χ4n) is 3.23. The lowest BCUT2D eigenvalue weighted by Gasteiger charge is -2.25. The Balaban J connectivity index is 1.51. The van der Waals surface area contributed by atoms with Gasteiger partial charge in [0.15, 0.2) is 0 Å². The molecule has 1 atom stereocenters. The smallest absolute Gasteiger partial charge is 0.222 e. The van der Waals surface area contributed by atoms with Crippen LogP contribution in [0.1, 0.15) is 35.4 Å². The van der Waals surface area contributed by atoms with Gasteiger partial charge in [-0.05, 0) is 50.3 Å². The molecular weight excluding hydrogens is 274 g/mol. The van der Waals surface area contributed by atoms with Gasteiger partial charge in [-0.1, -0.05) is 24.3 Å². The van der Waals surface area contributed by atoms with Gasteiger partial charge in [0, 0.05) is 24.7 Å². The van der Waals surface area contributed by atoms with Crippen LogP contribution in [0.3, 0.4) is 0 Å². The van der Waals surface area contributed by atoms with Crippen molar-refractivity contribution in [3.05, 3.63) is 52.8 Å². The van der Waals surface area contributed by atoms with Gasteiger partial charge in [0.1, 0.15) is 0 Å². The number of amides is 1. The van der Waals surface area contributed by atoms with Crippen molar-refractivity contribution in [1.29, 1.82) is 0 Å². The summed E-state index contributed by atoms with van der Waals surface area (Å²) in [4.78, 5) is 12.2. The zero-order chi connectivity index (χ0) is 15.5. The largest absolute Gasteiger partial charge is 0.353 e. The maximum Gasteiger partial charge on any atom is 0.222 e. The van der Waals surface area contributed by atoms with Crippen LogP contribution in [0.25, 0.3) is 0 Å². The van der Waals surface area contributed by atoms with Crippen LogP contribution < -0.4 is 5.32 Å². The summed E-state index contributed by atoms with van der Waals surface area (Å²) in [5.41, 5.74) is 4.91. The Hall–Kier alpha value is -2.10. The molecule has 0 saturated carbocycles. The molecule has 22 heavy (non-hydrogen) atoms. The summed E-state index contributed by atoms with van der Waals surface area (Å²) in [5, 5.41) is 7.57. The molecule has 1 aromatic carbocycles. The number of aromatic nitrogens is 2. The summed E-state index contributed by atoms with van der Waals surface area (Å²) >= 11 is 0. The minimum atomic E-state index is 0.122. The number of benzene rings is 1. The van der Waals surface area contributed by atoms with Gasteiger partial charge in [-0.15, -0.1) is 0 Å². The van der Waals surface area contributed by atoms with Gasteiger partial charge in [-0.3, -0.25) is 9.48 Å². The molecule has 0 unspecified atom stereocenters. The number of carbonyl (C=O) groups excluding carboxylic acids is 1. The first-order valence-electron chi connectivity index (χ1n) is 7.99. The number of fused-ring (bicyclic) bond motifs is 1. The molecule has 1 aliphatic carbocycles. The Kier molecular flexibility index (Phi) is 4.27. The number of hydrogen-bond donors (Lipinski definition) is 1. The highest BCUT2D eigenvalue weighted by Gasteiger charge is 2.19. The van der Waals surface area contributed by atoms with Crippen molar-refractivity contribution in [1.82, 2.24) is 15.1 Å². The van der Waals surface area contributed by atoms with E-state index < -0.39 is 0 Å². The molecular formula is C18H23N3O. The predicted molar refractivity (Wildman–Crippen MR) is 86.7 cm³/mol. The summed E-state index contributed by atoms with van der Waals surface area (Å²) in [7, 11) is 0. The first kappa shape index (κ1) is 14.8. The van der Waals surface area contributed by atoms with E-state index in [0.29, 0.717) is 13.0 Å². The zero-order valence-corrected chi connectivity index (χ0v) is 13.3. The molecule has 1 aromatic heterocycles. The second-order valence-electron chi connectivity index (χ2n) is 6.18. The topological polar surface area (TPSA) is 46.9 Å². The molecule has 2 aromatic rings. The van der Waals surface area contributed by atoms with Crippen LogP contribution in [0.15, 0.2) is 30.3 Å². The normalized spacial score (nSPS) is 17.1. The number of rotatable bonds is 4. The maximum atomic E-state index is 12.2. The number of nitrogens with one attached hydrogen (secondary N) is 1. The molecule has 1 heterocycles. The van der Waals surface area contributed by atoms with Crippen molar-refractivity contribution < 1.29 is 4.79 Å². The van der Waals surface area contributed by atoms with E-state index in [1.54, 1.807) is 0 Å². The van der Waals surface area contributed by atoms with Crippen molar-refractivity contribution >= 4 is 5.91 Å². The number of nitrogens with zero attached hydrogens (tertiary/aromatic N) is 2. The summed E-state index contributed by atoms with van der Waals surface area (Å²) in [6.45, 7) is 4.65. The quantitative estimate of drug-likeness (QED) is 0.943. The lowest BCUT2D eigenvalue weighted by atomic mass is 9.88. The molecule has 1 aliphatic rings. The van der Waals surface area contributed by atoms with E-state index >= 15 is 0 Å². The first-order chi connectivity index (χ1) is 10.6. The lowest BCUT2D eigenvalue weighted by molar-refractivity contribution is -0.122. The fourth-order valence-corrected chi connectivity index (χ4v) is 3.23. The molecule has 0 fully saturated rings. The highest BCUT2D eigenvalue weighted by Crippen LogP contribution is 2.21. The second kappa shape index (κ2) is 6.34. The van der Waals surface area contributed by atoms with Crippen LogP contribution in [-0.4, -0.2) is 21.7 Å². The van der Waals surface area contributed by atoms with Gasteiger partial charge in [0.2, 0.25) is 5.91 Å². The van der Waals surface area contributed by atoms with E-state index in [2.05, 4.69) is 34.7 Å². The van der Waals surface area contributed by atoms with Crippen LogP contribution in [0.4, 0.5) is 0 Å². The van der Waals surface area contributed by atoms with E-state index in [1.807, 2.05) is 24.6 Å². The minimum Gasteiger partial charge on any atom is -0.353 e. The van der Waals surface area contributed by atoms with Gasteiger partial charge in [0.25, 0.3) is 0 Å². The van der Waals surface area contributed by atoms with Gasteiger partial charge < -0.3 is 5.32 Å². The molecule has 116 valence electrons. The van der Waals surface area contributed by atoms with Crippen molar-refractivity contribution in [3.8, 4) is 0 Å². The van der Waals surface area contributed by atoms with Crippen molar-refractivity contribution in [2.24, 2.45) is 0 Å². The van der Waals surface area contributed by atoms with E-state index in [4.69, 9.17) is 0 Å². The van der Waals surface area contributed by atoms with Gasteiger partial charge in [0.05, 0.1) is 5.69 Å².